The summed E-state index contributed by atoms with van der Waals surface area (Å²) in [5.74, 6) is 3.05. The van der Waals surface area contributed by atoms with Crippen molar-refractivity contribution in [2.75, 3.05) is 13.6 Å². The standard InChI is InChI=1S/C44H40O4P2.2H2O.Pd/c1-25-11-26(2)14-31(13-25)33-17-29(5)19-35(21-33)49-39-9-7-37-43(47-23-45-37)41(39)42-40(10-8-38-44(42)48-24-46-38)50-36-20-30(6)18-34(22-36)32-15-27(3)12-28(4)16-32;;;/h7-22,49-50H,23-24H2,1-6H3;2*1H2;/q;;;+2. The van der Waals surface area contributed by atoms with Crippen molar-refractivity contribution in [3.05, 3.63) is 130 Å². The summed E-state index contributed by atoms with van der Waals surface area (Å²) in [6, 6.07) is 35.9. The van der Waals surface area contributed by atoms with Crippen LogP contribution < -0.4 is 40.2 Å². The van der Waals surface area contributed by atoms with Crippen LogP contribution in [-0.4, -0.2) is 24.5 Å². The maximum atomic E-state index is 6.28. The Morgan fingerprint density at radius 1 is 0.396 bits per heavy atom. The first-order chi connectivity index (χ1) is 24.2. The van der Waals surface area contributed by atoms with Gasteiger partial charge in [0, 0.05) is 11.1 Å². The van der Waals surface area contributed by atoms with Crippen molar-refractivity contribution in [1.82, 2.24) is 0 Å². The minimum Gasteiger partial charge on any atom is -0.454 e. The fourth-order valence-electron chi connectivity index (χ4n) is 7.29. The van der Waals surface area contributed by atoms with Gasteiger partial charge in [-0.3, -0.25) is 0 Å². The number of benzene rings is 6. The van der Waals surface area contributed by atoms with E-state index in [1.165, 1.54) is 76.9 Å². The van der Waals surface area contributed by atoms with E-state index in [4.69, 9.17) is 18.9 Å². The molecule has 2 heterocycles. The van der Waals surface area contributed by atoms with E-state index in [2.05, 4.69) is 126 Å². The first kappa shape index (κ1) is 40.2. The molecular formula is C44H44O6P2Pd+2. The van der Waals surface area contributed by atoms with Crippen LogP contribution in [0.5, 0.6) is 23.0 Å². The molecule has 0 spiro atoms. The number of hydrogen-bond donors (Lipinski definition) is 0. The SMILES string of the molecule is Cc1cc(C)cc(-c2cc(C)cc(Pc3ccc4c(c3-c3c(Pc5cc(C)cc(-c6cc(C)cc(C)c6)c5)ccc5c3OCO5)OCO4)c2)c1.O.O.[Pd+2]. The Morgan fingerprint density at radius 2 is 0.717 bits per heavy atom. The maximum Gasteiger partial charge on any atom is 2.00 e. The van der Waals surface area contributed by atoms with Gasteiger partial charge in [-0.2, -0.15) is 0 Å². The molecule has 0 saturated carbocycles. The van der Waals surface area contributed by atoms with Crippen molar-refractivity contribution in [3.8, 4) is 56.4 Å². The maximum absolute atomic E-state index is 6.28. The van der Waals surface area contributed by atoms with Crippen LogP contribution in [0, 0.1) is 41.5 Å². The van der Waals surface area contributed by atoms with Gasteiger partial charge < -0.3 is 29.9 Å². The van der Waals surface area contributed by atoms with Crippen LogP contribution in [0.4, 0.5) is 0 Å². The Kier molecular flexibility index (Phi) is 12.5. The third-order valence-electron chi connectivity index (χ3n) is 9.15. The fourth-order valence-corrected chi connectivity index (χ4v) is 10.0. The third kappa shape index (κ3) is 8.38. The van der Waals surface area contributed by atoms with Gasteiger partial charge in [0.25, 0.3) is 0 Å². The van der Waals surface area contributed by atoms with Gasteiger partial charge in [-0.15, -0.1) is 0 Å². The van der Waals surface area contributed by atoms with Crippen LogP contribution >= 0.6 is 17.2 Å². The van der Waals surface area contributed by atoms with Gasteiger partial charge in [0.1, 0.15) is 0 Å². The van der Waals surface area contributed by atoms with Gasteiger partial charge >= 0.3 is 20.4 Å². The van der Waals surface area contributed by atoms with Crippen LogP contribution in [0.3, 0.4) is 0 Å². The van der Waals surface area contributed by atoms with Crippen molar-refractivity contribution in [1.29, 1.82) is 0 Å². The Balaban J connectivity index is 0.00000180. The van der Waals surface area contributed by atoms with E-state index in [-0.39, 0.29) is 45.0 Å². The van der Waals surface area contributed by atoms with Gasteiger partial charge in [-0.25, -0.2) is 0 Å². The summed E-state index contributed by atoms with van der Waals surface area (Å²) in [4.78, 5) is 0. The zero-order valence-corrected chi connectivity index (χ0v) is 34.2. The molecule has 4 N–H and O–H groups in total. The fraction of sp³-hybridized carbons (Fsp3) is 0.182. The molecule has 53 heavy (non-hydrogen) atoms. The van der Waals surface area contributed by atoms with Gasteiger partial charge in [-0.05, 0) is 133 Å². The van der Waals surface area contributed by atoms with Crippen LogP contribution in [0.2, 0.25) is 0 Å². The summed E-state index contributed by atoms with van der Waals surface area (Å²) in [7, 11) is 0.764. The van der Waals surface area contributed by atoms with Crippen molar-refractivity contribution < 1.29 is 50.3 Å². The molecule has 0 bridgehead atoms. The third-order valence-corrected chi connectivity index (χ3v) is 11.7. The van der Waals surface area contributed by atoms with E-state index in [0.717, 1.165) is 34.1 Å². The molecule has 8 rings (SSSR count). The second-order valence-electron chi connectivity index (χ2n) is 13.6. The van der Waals surface area contributed by atoms with Crippen molar-refractivity contribution >= 4 is 38.4 Å². The molecule has 0 saturated heterocycles. The van der Waals surface area contributed by atoms with Crippen LogP contribution in [0.25, 0.3) is 33.4 Å². The summed E-state index contributed by atoms with van der Waals surface area (Å²) in [5.41, 5.74) is 14.6. The molecule has 0 aromatic heterocycles. The van der Waals surface area contributed by atoms with Crippen molar-refractivity contribution in [2.24, 2.45) is 0 Å². The zero-order valence-electron chi connectivity index (χ0n) is 30.6. The van der Waals surface area contributed by atoms with E-state index >= 15 is 0 Å². The molecule has 2 aliphatic heterocycles. The Bertz CT molecular complexity index is 2120. The average molecular weight is 837 g/mol. The van der Waals surface area contributed by atoms with E-state index < -0.39 is 0 Å². The predicted molar refractivity (Wildman–Crippen MR) is 219 cm³/mol. The largest absolute Gasteiger partial charge is 2.00 e. The molecule has 0 radical (unpaired) electrons. The first-order valence-electron chi connectivity index (χ1n) is 17.0. The smallest absolute Gasteiger partial charge is 0.454 e. The average Bonchev–Trinajstić information content (AvgIpc) is 3.74. The Hall–Kier alpha value is -4.04. The summed E-state index contributed by atoms with van der Waals surface area (Å²) in [5, 5.41) is 4.90. The number of fused-ring (bicyclic) bond motifs is 2. The molecule has 0 amide bonds. The zero-order chi connectivity index (χ0) is 34.5. The van der Waals surface area contributed by atoms with E-state index in [1.54, 1.807) is 0 Å². The summed E-state index contributed by atoms with van der Waals surface area (Å²) < 4.78 is 24.5. The molecule has 274 valence electrons. The first-order valence-corrected chi connectivity index (χ1v) is 19.0. The van der Waals surface area contributed by atoms with Gasteiger partial charge in [-0.1, -0.05) is 100 Å². The topological polar surface area (TPSA) is 99.9 Å². The van der Waals surface area contributed by atoms with Gasteiger partial charge in [0.05, 0.1) is 0 Å². The summed E-state index contributed by atoms with van der Waals surface area (Å²) in [6.07, 6.45) is 0. The molecule has 6 aromatic rings. The van der Waals surface area contributed by atoms with Gasteiger partial charge in [0.2, 0.25) is 13.6 Å². The second kappa shape index (κ2) is 16.5. The van der Waals surface area contributed by atoms with Crippen LogP contribution in [0.1, 0.15) is 33.4 Å². The Morgan fingerprint density at radius 3 is 1.08 bits per heavy atom. The minimum atomic E-state index is 0. The number of rotatable bonds is 7. The quantitative estimate of drug-likeness (QED) is 0.122. The normalized spacial score (nSPS) is 12.6. The second-order valence-corrected chi connectivity index (χ2v) is 16.4. The van der Waals surface area contributed by atoms with Crippen molar-refractivity contribution in [2.45, 2.75) is 41.5 Å². The van der Waals surface area contributed by atoms with Crippen molar-refractivity contribution in [3.63, 3.8) is 0 Å². The molecule has 0 fully saturated rings. The number of hydrogen-bond acceptors (Lipinski definition) is 4. The molecule has 9 heteroatoms. The molecule has 2 atom stereocenters. The summed E-state index contributed by atoms with van der Waals surface area (Å²) in [6.45, 7) is 13.4. The number of aryl methyl sites for hydroxylation is 6. The minimum absolute atomic E-state index is 0. The van der Waals surface area contributed by atoms with E-state index in [9.17, 15) is 0 Å². The molecule has 0 aliphatic carbocycles. The molecule has 6 nitrogen and oxygen atoms in total. The predicted octanol–water partition coefficient (Wildman–Crippen LogP) is 7.60. The van der Waals surface area contributed by atoms with E-state index in [0.29, 0.717) is 17.2 Å². The van der Waals surface area contributed by atoms with E-state index in [1.807, 2.05) is 12.1 Å². The summed E-state index contributed by atoms with van der Waals surface area (Å²) >= 11 is 0. The monoisotopic (exact) mass is 836 g/mol. The number of ether oxygens (including phenoxy) is 4. The Labute approximate surface area is 329 Å². The molecule has 2 unspecified atom stereocenters. The van der Waals surface area contributed by atoms with Gasteiger partial charge in [0.15, 0.2) is 23.0 Å². The molecule has 6 aromatic carbocycles. The molecular weight excluding hydrogens is 793 g/mol. The van der Waals surface area contributed by atoms with Crippen LogP contribution in [-0.2, 0) is 20.4 Å². The van der Waals surface area contributed by atoms with Crippen LogP contribution in [0.15, 0.2) is 97.1 Å². The molecule has 2 aliphatic rings.